The molecule has 2 aliphatic heterocycles. The minimum Gasteiger partial charge on any atom is -0.314 e. The number of nitrogens with one attached hydrogen (secondary N) is 1. The van der Waals surface area contributed by atoms with Gasteiger partial charge in [-0.25, -0.2) is 0 Å². The van der Waals surface area contributed by atoms with Gasteiger partial charge in [0.05, 0.1) is 0 Å². The van der Waals surface area contributed by atoms with Crippen molar-refractivity contribution in [3.05, 3.63) is 0 Å². The van der Waals surface area contributed by atoms with Crippen molar-refractivity contribution in [2.24, 2.45) is 0 Å². The molecule has 0 radical (unpaired) electrons. The SMILES string of the molecule is CC#CCCN1C2CCCC1CC(NCC)C2. The molecule has 2 aliphatic rings. The summed E-state index contributed by atoms with van der Waals surface area (Å²) >= 11 is 0. The van der Waals surface area contributed by atoms with E-state index in [1.807, 2.05) is 6.92 Å². The quantitative estimate of drug-likeness (QED) is 0.751. The summed E-state index contributed by atoms with van der Waals surface area (Å²) in [6.07, 6.45) is 7.99. The van der Waals surface area contributed by atoms with E-state index in [-0.39, 0.29) is 0 Å². The molecule has 2 saturated heterocycles. The van der Waals surface area contributed by atoms with Crippen LogP contribution in [0.15, 0.2) is 0 Å². The molecule has 2 heteroatoms. The van der Waals surface area contributed by atoms with Crippen LogP contribution in [0.1, 0.15) is 52.4 Å². The zero-order chi connectivity index (χ0) is 12.1. The maximum absolute atomic E-state index is 3.65. The zero-order valence-electron chi connectivity index (χ0n) is 11.3. The molecule has 96 valence electrons. The van der Waals surface area contributed by atoms with Crippen LogP contribution in [-0.2, 0) is 0 Å². The Morgan fingerprint density at radius 1 is 1.24 bits per heavy atom. The van der Waals surface area contributed by atoms with Crippen LogP contribution in [-0.4, -0.2) is 36.1 Å². The first kappa shape index (κ1) is 12.9. The lowest BCUT2D eigenvalue weighted by Gasteiger charge is -2.49. The number of fused-ring (bicyclic) bond motifs is 2. The highest BCUT2D eigenvalue weighted by molar-refractivity contribution is 4.99. The van der Waals surface area contributed by atoms with Crippen LogP contribution in [0.4, 0.5) is 0 Å². The van der Waals surface area contributed by atoms with Gasteiger partial charge in [-0.15, -0.1) is 11.8 Å². The van der Waals surface area contributed by atoms with Crippen molar-refractivity contribution >= 4 is 0 Å². The molecule has 0 spiro atoms. The third-order valence-electron chi connectivity index (χ3n) is 4.29. The molecule has 2 heterocycles. The molecule has 1 N–H and O–H groups in total. The van der Waals surface area contributed by atoms with Crippen LogP contribution >= 0.6 is 0 Å². The van der Waals surface area contributed by atoms with Gasteiger partial charge in [-0.2, -0.15) is 0 Å². The predicted octanol–water partition coefficient (Wildman–Crippen LogP) is 2.39. The number of hydrogen-bond donors (Lipinski definition) is 1. The molecule has 0 saturated carbocycles. The molecule has 0 amide bonds. The summed E-state index contributed by atoms with van der Waals surface area (Å²) in [6.45, 7) is 6.47. The van der Waals surface area contributed by atoms with Gasteiger partial charge in [-0.3, -0.25) is 4.90 Å². The first-order valence-electron chi connectivity index (χ1n) is 7.24. The number of nitrogens with zero attached hydrogens (tertiary/aromatic N) is 1. The summed E-state index contributed by atoms with van der Waals surface area (Å²) in [4.78, 5) is 2.75. The Kier molecular flexibility index (Phi) is 4.88. The second kappa shape index (κ2) is 6.42. The molecule has 2 rings (SSSR count). The molecule has 17 heavy (non-hydrogen) atoms. The Hall–Kier alpha value is -0.520. The highest BCUT2D eigenvalue weighted by atomic mass is 15.2. The number of rotatable bonds is 4. The van der Waals surface area contributed by atoms with Crippen LogP contribution in [0.5, 0.6) is 0 Å². The van der Waals surface area contributed by atoms with E-state index in [0.717, 1.165) is 31.1 Å². The normalized spacial score (nSPS) is 32.9. The van der Waals surface area contributed by atoms with E-state index in [2.05, 4.69) is 29.0 Å². The van der Waals surface area contributed by atoms with E-state index in [9.17, 15) is 0 Å². The average molecular weight is 234 g/mol. The lowest BCUT2D eigenvalue weighted by Crippen LogP contribution is -2.56. The molecule has 2 atom stereocenters. The molecule has 0 aromatic rings. The Balaban J connectivity index is 1.91. The fourth-order valence-electron chi connectivity index (χ4n) is 3.61. The van der Waals surface area contributed by atoms with Gasteiger partial charge in [0.15, 0.2) is 0 Å². The Labute approximate surface area is 106 Å². The van der Waals surface area contributed by atoms with Crippen molar-refractivity contribution < 1.29 is 0 Å². The van der Waals surface area contributed by atoms with E-state index >= 15 is 0 Å². The van der Waals surface area contributed by atoms with E-state index in [1.165, 1.54) is 38.6 Å². The topological polar surface area (TPSA) is 15.3 Å². The van der Waals surface area contributed by atoms with Gasteiger partial charge in [-0.1, -0.05) is 13.3 Å². The lowest BCUT2D eigenvalue weighted by molar-refractivity contribution is 0.0269. The molecule has 2 nitrogen and oxygen atoms in total. The number of hydrogen-bond acceptors (Lipinski definition) is 2. The van der Waals surface area contributed by atoms with Gasteiger partial charge in [0.25, 0.3) is 0 Å². The summed E-state index contributed by atoms with van der Waals surface area (Å²) in [7, 11) is 0. The first-order valence-corrected chi connectivity index (χ1v) is 7.24. The van der Waals surface area contributed by atoms with E-state index in [1.54, 1.807) is 0 Å². The molecule has 0 aromatic heterocycles. The molecule has 2 unspecified atom stereocenters. The van der Waals surface area contributed by atoms with E-state index in [0.29, 0.717) is 0 Å². The van der Waals surface area contributed by atoms with Crippen molar-refractivity contribution in [2.75, 3.05) is 13.1 Å². The largest absolute Gasteiger partial charge is 0.314 e. The van der Waals surface area contributed by atoms with Crippen LogP contribution in [0.3, 0.4) is 0 Å². The van der Waals surface area contributed by atoms with Crippen LogP contribution in [0.25, 0.3) is 0 Å². The van der Waals surface area contributed by atoms with Crippen LogP contribution < -0.4 is 5.32 Å². The van der Waals surface area contributed by atoms with Crippen molar-refractivity contribution in [3.63, 3.8) is 0 Å². The monoisotopic (exact) mass is 234 g/mol. The van der Waals surface area contributed by atoms with Gasteiger partial charge in [0, 0.05) is 31.1 Å². The lowest BCUT2D eigenvalue weighted by atomic mass is 9.81. The molecule has 2 bridgehead atoms. The molecule has 0 aromatic carbocycles. The molecule has 2 fully saturated rings. The maximum atomic E-state index is 3.65. The summed E-state index contributed by atoms with van der Waals surface area (Å²) < 4.78 is 0. The Morgan fingerprint density at radius 3 is 2.53 bits per heavy atom. The van der Waals surface area contributed by atoms with Gasteiger partial charge in [0.1, 0.15) is 0 Å². The summed E-state index contributed by atoms with van der Waals surface area (Å²) in [5, 5.41) is 3.65. The molecular formula is C15H26N2. The minimum absolute atomic E-state index is 0.767. The Bertz CT molecular complexity index is 275. The van der Waals surface area contributed by atoms with Crippen molar-refractivity contribution in [1.82, 2.24) is 10.2 Å². The van der Waals surface area contributed by atoms with Crippen molar-refractivity contribution in [3.8, 4) is 11.8 Å². The van der Waals surface area contributed by atoms with E-state index in [4.69, 9.17) is 0 Å². The second-order valence-corrected chi connectivity index (χ2v) is 5.38. The highest BCUT2D eigenvalue weighted by Crippen LogP contribution is 2.33. The molecule has 0 aliphatic carbocycles. The van der Waals surface area contributed by atoms with Gasteiger partial charge in [-0.05, 0) is 39.2 Å². The van der Waals surface area contributed by atoms with E-state index < -0.39 is 0 Å². The minimum atomic E-state index is 0.767. The standard InChI is InChI=1S/C15H26N2/c1-3-5-6-10-17-14-8-7-9-15(17)12-13(11-14)16-4-2/h13-16H,4,6-12H2,1-2H3. The zero-order valence-corrected chi connectivity index (χ0v) is 11.3. The van der Waals surface area contributed by atoms with Gasteiger partial charge >= 0.3 is 0 Å². The van der Waals surface area contributed by atoms with Crippen LogP contribution in [0.2, 0.25) is 0 Å². The van der Waals surface area contributed by atoms with Gasteiger partial charge in [0.2, 0.25) is 0 Å². The smallest absolute Gasteiger partial charge is 0.0217 e. The fraction of sp³-hybridized carbons (Fsp3) is 0.867. The Morgan fingerprint density at radius 2 is 1.94 bits per heavy atom. The third-order valence-corrected chi connectivity index (χ3v) is 4.29. The maximum Gasteiger partial charge on any atom is 0.0217 e. The highest BCUT2D eigenvalue weighted by Gasteiger charge is 2.37. The number of piperidine rings is 2. The average Bonchev–Trinajstić information content (AvgIpc) is 2.30. The van der Waals surface area contributed by atoms with Gasteiger partial charge < -0.3 is 5.32 Å². The van der Waals surface area contributed by atoms with Crippen molar-refractivity contribution in [2.45, 2.75) is 70.5 Å². The third kappa shape index (κ3) is 3.24. The summed E-state index contributed by atoms with van der Waals surface area (Å²) in [5.74, 6) is 6.23. The summed E-state index contributed by atoms with van der Waals surface area (Å²) in [6, 6.07) is 2.42. The summed E-state index contributed by atoms with van der Waals surface area (Å²) in [5.41, 5.74) is 0. The fourth-order valence-corrected chi connectivity index (χ4v) is 3.61. The first-order chi connectivity index (χ1) is 8.35. The van der Waals surface area contributed by atoms with Crippen molar-refractivity contribution in [1.29, 1.82) is 0 Å². The van der Waals surface area contributed by atoms with Crippen LogP contribution in [0, 0.1) is 11.8 Å². The predicted molar refractivity (Wildman–Crippen MR) is 72.9 cm³/mol. The second-order valence-electron chi connectivity index (χ2n) is 5.38. The molecular weight excluding hydrogens is 208 g/mol.